The fourth-order valence-corrected chi connectivity index (χ4v) is 1.70. The first kappa shape index (κ1) is 11.9. The minimum absolute atomic E-state index is 0.0225. The number of hydrogen-bond acceptors (Lipinski definition) is 3. The molecule has 88 valence electrons. The van der Waals surface area contributed by atoms with Crippen molar-refractivity contribution in [1.29, 1.82) is 0 Å². The second-order valence-electron chi connectivity index (χ2n) is 3.28. The number of halogens is 3. The van der Waals surface area contributed by atoms with Crippen molar-refractivity contribution in [2.45, 2.75) is 6.54 Å². The lowest BCUT2D eigenvalue weighted by atomic mass is 10.1. The lowest BCUT2D eigenvalue weighted by Crippen LogP contribution is -2.06. The maximum atomic E-state index is 13.9. The average molecular weight is 256 g/mol. The number of nitrogens with zero attached hydrogens (tertiary/aromatic N) is 2. The summed E-state index contributed by atoms with van der Waals surface area (Å²) in [6.07, 6.45) is 1.13. The van der Waals surface area contributed by atoms with Crippen LogP contribution in [-0.4, -0.2) is 9.97 Å². The van der Waals surface area contributed by atoms with Gasteiger partial charge >= 0.3 is 0 Å². The van der Waals surface area contributed by atoms with E-state index in [0.29, 0.717) is 0 Å². The van der Waals surface area contributed by atoms with E-state index in [0.717, 1.165) is 6.33 Å². The van der Waals surface area contributed by atoms with Gasteiger partial charge in [-0.15, -0.1) is 0 Å². The van der Waals surface area contributed by atoms with Crippen molar-refractivity contribution in [3.63, 3.8) is 0 Å². The topological polar surface area (TPSA) is 51.8 Å². The summed E-state index contributed by atoms with van der Waals surface area (Å²) in [5, 5.41) is 0.0885. The van der Waals surface area contributed by atoms with E-state index in [4.69, 9.17) is 17.3 Å². The van der Waals surface area contributed by atoms with Crippen LogP contribution >= 0.6 is 11.6 Å². The molecule has 0 saturated heterocycles. The Morgan fingerprint density at radius 3 is 2.65 bits per heavy atom. The second-order valence-corrected chi connectivity index (χ2v) is 3.69. The molecule has 0 bridgehead atoms. The molecule has 0 fully saturated rings. The minimum atomic E-state index is -0.748. The van der Waals surface area contributed by atoms with Gasteiger partial charge in [0.25, 0.3) is 0 Å². The highest BCUT2D eigenvalue weighted by molar-refractivity contribution is 6.33. The molecular formula is C11H8ClF2N3. The van der Waals surface area contributed by atoms with Crippen LogP contribution in [0.5, 0.6) is 0 Å². The van der Waals surface area contributed by atoms with Crippen LogP contribution in [0.15, 0.2) is 24.5 Å². The summed E-state index contributed by atoms with van der Waals surface area (Å²) in [6.45, 7) is -0.0899. The zero-order chi connectivity index (χ0) is 12.4. The molecule has 0 amide bonds. The van der Waals surface area contributed by atoms with Crippen LogP contribution in [0, 0.1) is 11.6 Å². The summed E-state index contributed by atoms with van der Waals surface area (Å²) in [6, 6.07) is 4.08. The molecule has 0 aliphatic rings. The maximum absolute atomic E-state index is 13.9. The third kappa shape index (κ3) is 2.11. The van der Waals surface area contributed by atoms with Gasteiger partial charge in [-0.2, -0.15) is 0 Å². The summed E-state index contributed by atoms with van der Waals surface area (Å²) in [5.41, 5.74) is 5.08. The molecular weight excluding hydrogens is 248 g/mol. The lowest BCUT2D eigenvalue weighted by Gasteiger charge is -2.07. The molecule has 1 heterocycles. The highest BCUT2D eigenvalue weighted by atomic mass is 35.5. The summed E-state index contributed by atoms with van der Waals surface area (Å²) < 4.78 is 27.5. The van der Waals surface area contributed by atoms with Crippen molar-refractivity contribution in [2.75, 3.05) is 0 Å². The monoisotopic (exact) mass is 255 g/mol. The Bertz CT molecular complexity index is 540. The largest absolute Gasteiger partial charge is 0.325 e. The smallest absolute Gasteiger partial charge is 0.172 e. The molecule has 3 nitrogen and oxygen atoms in total. The first-order chi connectivity index (χ1) is 8.15. The summed E-state index contributed by atoms with van der Waals surface area (Å²) in [5.74, 6) is -1.39. The van der Waals surface area contributed by atoms with Crippen LogP contribution in [0.4, 0.5) is 8.78 Å². The summed E-state index contributed by atoms with van der Waals surface area (Å²) >= 11 is 5.83. The molecule has 1 aromatic heterocycles. The van der Waals surface area contributed by atoms with Crippen LogP contribution in [-0.2, 0) is 6.54 Å². The van der Waals surface area contributed by atoms with E-state index in [1.807, 2.05) is 0 Å². The lowest BCUT2D eigenvalue weighted by molar-refractivity contribution is 0.589. The van der Waals surface area contributed by atoms with Crippen LogP contribution < -0.4 is 5.73 Å². The number of rotatable bonds is 2. The van der Waals surface area contributed by atoms with Gasteiger partial charge in [0, 0.05) is 6.54 Å². The molecule has 2 aromatic rings. The van der Waals surface area contributed by atoms with E-state index in [1.165, 1.54) is 18.2 Å². The van der Waals surface area contributed by atoms with Gasteiger partial charge in [0.1, 0.15) is 17.8 Å². The van der Waals surface area contributed by atoms with Gasteiger partial charge in [0.05, 0.1) is 16.3 Å². The molecule has 0 spiro atoms. The standard InChI is InChI=1S/C11H8ClF2N3/c12-6-2-1-3-7(13)9(6)11-10(14)8(4-15)16-5-17-11/h1-3,5H,4,15H2. The molecule has 0 aliphatic heterocycles. The Morgan fingerprint density at radius 2 is 2.00 bits per heavy atom. The molecule has 17 heavy (non-hydrogen) atoms. The highest BCUT2D eigenvalue weighted by Crippen LogP contribution is 2.31. The van der Waals surface area contributed by atoms with Crippen LogP contribution in [0.2, 0.25) is 5.02 Å². The van der Waals surface area contributed by atoms with Crippen LogP contribution in [0.3, 0.4) is 0 Å². The highest BCUT2D eigenvalue weighted by Gasteiger charge is 2.17. The van der Waals surface area contributed by atoms with Gasteiger partial charge in [0.2, 0.25) is 0 Å². The minimum Gasteiger partial charge on any atom is -0.325 e. The van der Waals surface area contributed by atoms with Crippen molar-refractivity contribution >= 4 is 11.6 Å². The zero-order valence-corrected chi connectivity index (χ0v) is 9.38. The molecule has 0 atom stereocenters. The fourth-order valence-electron chi connectivity index (χ4n) is 1.45. The van der Waals surface area contributed by atoms with E-state index in [9.17, 15) is 8.78 Å². The van der Waals surface area contributed by atoms with Gasteiger partial charge in [-0.1, -0.05) is 17.7 Å². The van der Waals surface area contributed by atoms with Crippen molar-refractivity contribution in [3.8, 4) is 11.3 Å². The van der Waals surface area contributed by atoms with E-state index in [2.05, 4.69) is 9.97 Å². The predicted molar refractivity (Wildman–Crippen MR) is 60.3 cm³/mol. The van der Waals surface area contributed by atoms with E-state index in [-0.39, 0.29) is 28.5 Å². The van der Waals surface area contributed by atoms with Crippen molar-refractivity contribution in [1.82, 2.24) is 9.97 Å². The Morgan fingerprint density at radius 1 is 1.24 bits per heavy atom. The molecule has 0 radical (unpaired) electrons. The maximum Gasteiger partial charge on any atom is 0.172 e. The molecule has 0 aliphatic carbocycles. The van der Waals surface area contributed by atoms with Gasteiger partial charge in [-0.3, -0.25) is 0 Å². The molecule has 2 rings (SSSR count). The Labute approximate surface area is 101 Å². The van der Waals surface area contributed by atoms with Crippen LogP contribution in [0.1, 0.15) is 5.69 Å². The fraction of sp³-hybridized carbons (Fsp3) is 0.0909. The molecule has 2 N–H and O–H groups in total. The molecule has 0 unspecified atom stereocenters. The number of aromatic nitrogens is 2. The summed E-state index contributed by atoms with van der Waals surface area (Å²) in [4.78, 5) is 7.38. The predicted octanol–water partition coefficient (Wildman–Crippen LogP) is 2.53. The Kier molecular flexibility index (Phi) is 3.31. The third-order valence-electron chi connectivity index (χ3n) is 2.25. The first-order valence-electron chi connectivity index (χ1n) is 4.79. The zero-order valence-electron chi connectivity index (χ0n) is 8.62. The van der Waals surface area contributed by atoms with Gasteiger partial charge < -0.3 is 5.73 Å². The van der Waals surface area contributed by atoms with Crippen molar-refractivity contribution in [3.05, 3.63) is 46.9 Å². The SMILES string of the molecule is NCc1ncnc(-c2c(F)cccc2Cl)c1F. The summed E-state index contributed by atoms with van der Waals surface area (Å²) in [7, 11) is 0. The Balaban J connectivity index is 2.69. The van der Waals surface area contributed by atoms with Crippen LogP contribution in [0.25, 0.3) is 11.3 Å². The average Bonchev–Trinajstić information content (AvgIpc) is 2.31. The van der Waals surface area contributed by atoms with Gasteiger partial charge in [-0.05, 0) is 12.1 Å². The van der Waals surface area contributed by atoms with E-state index in [1.54, 1.807) is 0 Å². The van der Waals surface area contributed by atoms with Crippen molar-refractivity contribution in [2.24, 2.45) is 5.73 Å². The second kappa shape index (κ2) is 4.73. The van der Waals surface area contributed by atoms with Crippen molar-refractivity contribution < 1.29 is 8.78 Å². The third-order valence-corrected chi connectivity index (χ3v) is 2.57. The number of hydrogen-bond donors (Lipinski definition) is 1. The number of nitrogens with two attached hydrogens (primary N) is 1. The number of benzene rings is 1. The molecule has 1 aromatic carbocycles. The van der Waals surface area contributed by atoms with Gasteiger partial charge in [-0.25, -0.2) is 18.7 Å². The van der Waals surface area contributed by atoms with E-state index >= 15 is 0 Å². The Hall–Kier alpha value is -1.59. The van der Waals surface area contributed by atoms with E-state index < -0.39 is 11.6 Å². The molecule has 6 heteroatoms. The quantitative estimate of drug-likeness (QED) is 0.897. The normalized spacial score (nSPS) is 10.6. The molecule has 0 saturated carbocycles. The van der Waals surface area contributed by atoms with Gasteiger partial charge in [0.15, 0.2) is 5.82 Å². The first-order valence-corrected chi connectivity index (χ1v) is 5.16.